The smallest absolute Gasteiger partial charge is 0.321 e. The van der Waals surface area contributed by atoms with Crippen molar-refractivity contribution in [2.45, 2.75) is 46.2 Å². The van der Waals surface area contributed by atoms with Gasteiger partial charge in [0.05, 0.1) is 25.5 Å². The zero-order valence-corrected chi connectivity index (χ0v) is 22.2. The molecule has 3 rings (SSSR count). The molecule has 1 aromatic rings. The lowest BCUT2D eigenvalue weighted by molar-refractivity contribution is -0.130. The number of hydrogen-bond acceptors (Lipinski definition) is 8. The number of nitrogens with zero attached hydrogens (tertiary/aromatic N) is 4. The molecule has 2 aliphatic rings. The van der Waals surface area contributed by atoms with E-state index in [0.717, 1.165) is 5.56 Å². The van der Waals surface area contributed by atoms with Crippen molar-refractivity contribution in [3.63, 3.8) is 0 Å². The quantitative estimate of drug-likeness (QED) is 0.398. The SMILES string of the molecule is CCN(C)C(=O)CCCOc1ccc2c(c1)CN(CC(=O)NN1CCOCC1)C(NC(=O)NC(C)C)=N2. The maximum absolute atomic E-state index is 12.8. The van der Waals surface area contributed by atoms with E-state index < -0.39 is 0 Å². The van der Waals surface area contributed by atoms with Crippen molar-refractivity contribution in [2.75, 3.05) is 53.0 Å². The molecule has 0 saturated carbocycles. The number of carbonyl (C=O) groups is 3. The van der Waals surface area contributed by atoms with Gasteiger partial charge in [0, 0.05) is 51.3 Å². The molecule has 0 bridgehead atoms. The molecule has 204 valence electrons. The first-order valence-corrected chi connectivity index (χ1v) is 12.8. The van der Waals surface area contributed by atoms with Crippen LogP contribution in [0.5, 0.6) is 5.75 Å². The highest BCUT2D eigenvalue weighted by Gasteiger charge is 2.25. The van der Waals surface area contributed by atoms with Gasteiger partial charge >= 0.3 is 6.03 Å². The minimum Gasteiger partial charge on any atom is -0.494 e. The summed E-state index contributed by atoms with van der Waals surface area (Å²) in [7, 11) is 1.79. The molecule has 3 N–H and O–H groups in total. The molecule has 12 heteroatoms. The second kappa shape index (κ2) is 13.8. The van der Waals surface area contributed by atoms with Crippen LogP contribution in [0.2, 0.25) is 0 Å². The summed E-state index contributed by atoms with van der Waals surface area (Å²) >= 11 is 0. The molecule has 0 atom stereocenters. The van der Waals surface area contributed by atoms with Crippen LogP contribution in [-0.4, -0.2) is 97.7 Å². The van der Waals surface area contributed by atoms with E-state index in [1.165, 1.54) is 0 Å². The third kappa shape index (κ3) is 8.90. The number of guanidine groups is 1. The van der Waals surface area contributed by atoms with Crippen molar-refractivity contribution in [2.24, 2.45) is 4.99 Å². The van der Waals surface area contributed by atoms with Gasteiger partial charge < -0.3 is 24.6 Å². The first kappa shape index (κ1) is 28.2. The Morgan fingerprint density at radius 1 is 1.22 bits per heavy atom. The highest BCUT2D eigenvalue weighted by atomic mass is 16.5. The van der Waals surface area contributed by atoms with Crippen LogP contribution in [0.1, 0.15) is 39.2 Å². The van der Waals surface area contributed by atoms with Crippen LogP contribution in [0.15, 0.2) is 23.2 Å². The highest BCUT2D eigenvalue weighted by Crippen LogP contribution is 2.29. The molecule has 0 aliphatic carbocycles. The maximum Gasteiger partial charge on any atom is 0.321 e. The van der Waals surface area contributed by atoms with Gasteiger partial charge in [-0.25, -0.2) is 14.8 Å². The summed E-state index contributed by atoms with van der Waals surface area (Å²) in [6, 6.07) is 5.09. The van der Waals surface area contributed by atoms with Gasteiger partial charge in [-0.2, -0.15) is 0 Å². The Morgan fingerprint density at radius 3 is 2.68 bits per heavy atom. The monoisotopic (exact) mass is 517 g/mol. The summed E-state index contributed by atoms with van der Waals surface area (Å²) in [6.07, 6.45) is 1.05. The van der Waals surface area contributed by atoms with Gasteiger partial charge in [0.15, 0.2) is 0 Å². The second-order valence-corrected chi connectivity index (χ2v) is 9.33. The second-order valence-electron chi connectivity index (χ2n) is 9.33. The van der Waals surface area contributed by atoms with Crippen LogP contribution in [0, 0.1) is 0 Å². The lowest BCUT2D eigenvalue weighted by Gasteiger charge is -2.32. The minimum absolute atomic E-state index is 0.00965. The number of morpholine rings is 1. The fraction of sp³-hybridized carbons (Fsp3) is 0.600. The van der Waals surface area contributed by atoms with E-state index in [9.17, 15) is 14.4 Å². The molecule has 1 aromatic carbocycles. The molecule has 1 saturated heterocycles. The number of fused-ring (bicyclic) bond motifs is 1. The van der Waals surface area contributed by atoms with E-state index >= 15 is 0 Å². The summed E-state index contributed by atoms with van der Waals surface area (Å²) in [5, 5.41) is 7.39. The predicted molar refractivity (Wildman–Crippen MR) is 139 cm³/mol. The van der Waals surface area contributed by atoms with Gasteiger partial charge in [-0.3, -0.25) is 20.3 Å². The third-order valence-corrected chi connectivity index (χ3v) is 5.92. The summed E-state index contributed by atoms with van der Waals surface area (Å²) < 4.78 is 11.2. The van der Waals surface area contributed by atoms with E-state index in [1.54, 1.807) is 16.8 Å². The number of urea groups is 1. The zero-order chi connectivity index (χ0) is 26.8. The Kier molecular flexibility index (Phi) is 10.5. The predicted octanol–water partition coefficient (Wildman–Crippen LogP) is 1.20. The number of aliphatic imine (C=N–C) groups is 1. The Balaban J connectivity index is 1.66. The summed E-state index contributed by atoms with van der Waals surface area (Å²) in [4.78, 5) is 45.2. The standard InChI is InChI=1S/C25H39N7O5/c1-5-30(4)23(34)7-6-12-37-20-8-9-21-19(15-20)16-31(24(27-21)28-25(35)26-18(2)3)17-22(33)29-32-10-13-36-14-11-32/h8-9,15,18H,5-7,10-14,16-17H2,1-4H3,(H,29,33)(H2,26,27,28,35). The first-order valence-electron chi connectivity index (χ1n) is 12.8. The fourth-order valence-electron chi connectivity index (χ4n) is 3.83. The van der Waals surface area contributed by atoms with E-state index in [0.29, 0.717) is 76.2 Å². The minimum atomic E-state index is -0.390. The molecule has 0 spiro atoms. The molecule has 37 heavy (non-hydrogen) atoms. The molecule has 2 heterocycles. The molecule has 0 radical (unpaired) electrons. The molecule has 12 nitrogen and oxygen atoms in total. The van der Waals surface area contributed by atoms with Crippen LogP contribution in [0.3, 0.4) is 0 Å². The van der Waals surface area contributed by atoms with Crippen molar-refractivity contribution in [1.82, 2.24) is 30.9 Å². The molecule has 4 amide bonds. The summed E-state index contributed by atoms with van der Waals surface area (Å²) in [5.41, 5.74) is 4.46. The van der Waals surface area contributed by atoms with E-state index in [2.05, 4.69) is 21.1 Å². The van der Waals surface area contributed by atoms with Crippen LogP contribution in [0.4, 0.5) is 10.5 Å². The lowest BCUT2D eigenvalue weighted by atomic mass is 10.1. The van der Waals surface area contributed by atoms with Crippen LogP contribution in [-0.2, 0) is 20.9 Å². The number of benzene rings is 1. The number of carbonyl (C=O) groups excluding carboxylic acids is 3. The summed E-state index contributed by atoms with van der Waals surface area (Å²) in [6.45, 7) is 9.50. The number of rotatable bonds is 10. The normalized spacial score (nSPS) is 15.5. The van der Waals surface area contributed by atoms with Crippen molar-refractivity contribution in [3.8, 4) is 5.75 Å². The maximum atomic E-state index is 12.8. The van der Waals surface area contributed by atoms with Crippen LogP contribution >= 0.6 is 0 Å². The van der Waals surface area contributed by atoms with Crippen LogP contribution in [0.25, 0.3) is 0 Å². The molecular formula is C25H39N7O5. The number of nitrogens with one attached hydrogen (secondary N) is 3. The first-order chi connectivity index (χ1) is 17.7. The van der Waals surface area contributed by atoms with E-state index in [1.807, 2.05) is 44.0 Å². The van der Waals surface area contributed by atoms with E-state index in [4.69, 9.17) is 9.47 Å². The molecular weight excluding hydrogens is 478 g/mol. The van der Waals surface area contributed by atoms with Crippen LogP contribution < -0.4 is 20.8 Å². The number of hydrogen-bond donors (Lipinski definition) is 3. The third-order valence-electron chi connectivity index (χ3n) is 5.92. The molecule has 0 aromatic heterocycles. The Hall–Kier alpha value is -3.38. The van der Waals surface area contributed by atoms with Gasteiger partial charge in [0.2, 0.25) is 11.9 Å². The van der Waals surface area contributed by atoms with Crippen molar-refractivity contribution >= 4 is 29.5 Å². The van der Waals surface area contributed by atoms with Gasteiger partial charge in [0.1, 0.15) is 12.3 Å². The Bertz CT molecular complexity index is 978. The van der Waals surface area contributed by atoms with Crippen molar-refractivity contribution in [1.29, 1.82) is 0 Å². The van der Waals surface area contributed by atoms with Gasteiger partial charge in [-0.05, 0) is 45.4 Å². The Labute approximate surface area is 218 Å². The van der Waals surface area contributed by atoms with Gasteiger partial charge in [0.25, 0.3) is 5.91 Å². The topological polar surface area (TPSA) is 128 Å². The molecule has 1 fully saturated rings. The zero-order valence-electron chi connectivity index (χ0n) is 22.2. The van der Waals surface area contributed by atoms with Crippen molar-refractivity contribution in [3.05, 3.63) is 23.8 Å². The fourth-order valence-corrected chi connectivity index (χ4v) is 3.83. The van der Waals surface area contributed by atoms with Crippen molar-refractivity contribution < 1.29 is 23.9 Å². The average molecular weight is 518 g/mol. The number of hydrazine groups is 1. The largest absolute Gasteiger partial charge is 0.494 e. The highest BCUT2D eigenvalue weighted by molar-refractivity contribution is 5.99. The average Bonchev–Trinajstić information content (AvgIpc) is 2.86. The molecule has 0 unspecified atom stereocenters. The van der Waals surface area contributed by atoms with Gasteiger partial charge in [-0.15, -0.1) is 0 Å². The lowest BCUT2D eigenvalue weighted by Crippen LogP contribution is -2.55. The number of amides is 4. The summed E-state index contributed by atoms with van der Waals surface area (Å²) in [5.74, 6) is 0.851. The van der Waals surface area contributed by atoms with Gasteiger partial charge in [-0.1, -0.05) is 0 Å². The molecule has 2 aliphatic heterocycles. The number of ether oxygens (including phenoxy) is 2. The van der Waals surface area contributed by atoms with E-state index in [-0.39, 0.29) is 30.4 Å². The Morgan fingerprint density at radius 2 is 1.97 bits per heavy atom.